The molecule has 0 saturated carbocycles. The van der Waals surface area contributed by atoms with E-state index in [0.29, 0.717) is 5.69 Å². The number of pyridine rings is 1. The van der Waals surface area contributed by atoms with Gasteiger partial charge in [-0.1, -0.05) is 0 Å². The lowest BCUT2D eigenvalue weighted by Gasteiger charge is -2.19. The molecule has 5 heteroatoms. The number of rotatable bonds is 4. The third-order valence-corrected chi connectivity index (χ3v) is 2.64. The highest BCUT2D eigenvalue weighted by Crippen LogP contribution is 2.19. The molecule has 1 aromatic heterocycles. The van der Waals surface area contributed by atoms with Crippen LogP contribution in [-0.4, -0.2) is 22.3 Å². The molecule has 3 unspecified atom stereocenters. The van der Waals surface area contributed by atoms with E-state index in [9.17, 15) is 5.11 Å². The largest absolute Gasteiger partial charge is 0.391 e. The summed E-state index contributed by atoms with van der Waals surface area (Å²) in [5, 5.41) is 18.3. The molecule has 0 amide bonds. The molecule has 3 atom stereocenters. The van der Waals surface area contributed by atoms with Crippen LogP contribution in [0.2, 0.25) is 0 Å². The van der Waals surface area contributed by atoms with Gasteiger partial charge in [0.05, 0.1) is 17.9 Å². The first-order chi connectivity index (χ1) is 7.54. The SMILES string of the molecule is CC(O)C(C)OC(C#N)c1ccc(Br)cn1. The van der Waals surface area contributed by atoms with E-state index in [-0.39, 0.29) is 0 Å². The number of aliphatic hydroxyl groups is 1. The van der Waals surface area contributed by atoms with Crippen molar-refractivity contribution in [2.45, 2.75) is 32.2 Å². The summed E-state index contributed by atoms with van der Waals surface area (Å²) in [6.07, 6.45) is -0.171. The van der Waals surface area contributed by atoms with Crippen molar-refractivity contribution in [3.05, 3.63) is 28.5 Å². The van der Waals surface area contributed by atoms with Crippen LogP contribution in [0.1, 0.15) is 25.6 Å². The van der Waals surface area contributed by atoms with Crippen LogP contribution in [-0.2, 0) is 4.74 Å². The molecule has 0 spiro atoms. The maximum atomic E-state index is 9.29. The molecule has 16 heavy (non-hydrogen) atoms. The lowest BCUT2D eigenvalue weighted by atomic mass is 10.2. The van der Waals surface area contributed by atoms with Crippen LogP contribution in [0.25, 0.3) is 0 Å². The van der Waals surface area contributed by atoms with E-state index in [0.717, 1.165) is 4.47 Å². The summed E-state index contributed by atoms with van der Waals surface area (Å²) in [6.45, 7) is 3.34. The van der Waals surface area contributed by atoms with Crippen molar-refractivity contribution in [1.82, 2.24) is 4.98 Å². The number of nitrogens with zero attached hydrogens (tertiary/aromatic N) is 2. The van der Waals surface area contributed by atoms with Gasteiger partial charge in [0.1, 0.15) is 6.07 Å². The third-order valence-electron chi connectivity index (χ3n) is 2.17. The molecule has 0 aromatic carbocycles. The Labute approximate surface area is 103 Å². The van der Waals surface area contributed by atoms with Gasteiger partial charge in [-0.2, -0.15) is 5.26 Å². The third kappa shape index (κ3) is 3.56. The number of nitriles is 1. The summed E-state index contributed by atoms with van der Waals surface area (Å²) >= 11 is 3.26. The predicted octanol–water partition coefficient (Wildman–Crippen LogP) is 2.19. The molecule has 0 aliphatic carbocycles. The van der Waals surface area contributed by atoms with Crippen molar-refractivity contribution in [3.63, 3.8) is 0 Å². The molecule has 0 aliphatic heterocycles. The number of aliphatic hydroxyl groups excluding tert-OH is 1. The molecule has 1 aromatic rings. The van der Waals surface area contributed by atoms with Gasteiger partial charge in [-0.05, 0) is 41.9 Å². The maximum absolute atomic E-state index is 9.29. The number of hydrogen-bond acceptors (Lipinski definition) is 4. The maximum Gasteiger partial charge on any atom is 0.186 e. The quantitative estimate of drug-likeness (QED) is 0.921. The zero-order chi connectivity index (χ0) is 12.1. The van der Waals surface area contributed by atoms with Crippen LogP contribution < -0.4 is 0 Å². The smallest absolute Gasteiger partial charge is 0.186 e. The monoisotopic (exact) mass is 284 g/mol. The van der Waals surface area contributed by atoms with E-state index < -0.39 is 18.3 Å². The second kappa shape index (κ2) is 5.94. The Hall–Kier alpha value is -0.960. The molecule has 0 saturated heterocycles. The fourth-order valence-corrected chi connectivity index (χ4v) is 1.27. The minimum absolute atomic E-state index is 0.407. The van der Waals surface area contributed by atoms with Gasteiger partial charge >= 0.3 is 0 Å². The molecule has 1 rings (SSSR count). The molecular formula is C11H13BrN2O2. The van der Waals surface area contributed by atoms with Gasteiger partial charge in [-0.25, -0.2) is 0 Å². The first-order valence-corrected chi connectivity index (χ1v) is 5.68. The van der Waals surface area contributed by atoms with Crippen molar-refractivity contribution >= 4 is 15.9 Å². The molecule has 86 valence electrons. The molecule has 0 radical (unpaired) electrons. The lowest BCUT2D eigenvalue weighted by Crippen LogP contribution is -2.24. The minimum atomic E-state index is -0.752. The van der Waals surface area contributed by atoms with E-state index in [2.05, 4.69) is 20.9 Å². The van der Waals surface area contributed by atoms with Crippen molar-refractivity contribution < 1.29 is 9.84 Å². The normalized spacial score (nSPS) is 16.2. The van der Waals surface area contributed by atoms with Crippen LogP contribution in [0.15, 0.2) is 22.8 Å². The minimum Gasteiger partial charge on any atom is -0.391 e. The molecule has 0 fully saturated rings. The van der Waals surface area contributed by atoms with Crippen LogP contribution in [0.5, 0.6) is 0 Å². The molecule has 0 aliphatic rings. The van der Waals surface area contributed by atoms with E-state index in [1.54, 1.807) is 32.2 Å². The summed E-state index contributed by atoms with van der Waals surface area (Å²) in [4.78, 5) is 4.09. The fraction of sp³-hybridized carbons (Fsp3) is 0.455. The van der Waals surface area contributed by atoms with E-state index >= 15 is 0 Å². The second-order valence-electron chi connectivity index (χ2n) is 3.49. The molecule has 1 N–H and O–H groups in total. The van der Waals surface area contributed by atoms with Gasteiger partial charge in [0.15, 0.2) is 6.10 Å². The van der Waals surface area contributed by atoms with Crippen LogP contribution in [0.4, 0.5) is 0 Å². The first kappa shape index (κ1) is 13.1. The van der Waals surface area contributed by atoms with Crippen molar-refractivity contribution in [3.8, 4) is 6.07 Å². The van der Waals surface area contributed by atoms with Crippen LogP contribution in [0, 0.1) is 11.3 Å². The Morgan fingerprint density at radius 3 is 2.62 bits per heavy atom. The van der Waals surface area contributed by atoms with E-state index in [4.69, 9.17) is 10.00 Å². The summed E-state index contributed by atoms with van der Waals surface area (Å²) in [7, 11) is 0. The highest BCUT2D eigenvalue weighted by molar-refractivity contribution is 9.10. The predicted molar refractivity (Wildman–Crippen MR) is 62.5 cm³/mol. The molecule has 4 nitrogen and oxygen atoms in total. The highest BCUT2D eigenvalue weighted by atomic mass is 79.9. The average Bonchev–Trinajstić information content (AvgIpc) is 2.26. The Kier molecular flexibility index (Phi) is 4.87. The lowest BCUT2D eigenvalue weighted by molar-refractivity contribution is -0.0438. The van der Waals surface area contributed by atoms with Gasteiger partial charge in [0, 0.05) is 10.7 Å². The van der Waals surface area contributed by atoms with Gasteiger partial charge in [-0.15, -0.1) is 0 Å². The average molecular weight is 285 g/mol. The van der Waals surface area contributed by atoms with Gasteiger partial charge in [0.25, 0.3) is 0 Å². The van der Waals surface area contributed by atoms with E-state index in [1.165, 1.54) is 0 Å². The number of halogens is 1. The number of ether oxygens (including phenoxy) is 1. The molecule has 0 bridgehead atoms. The van der Waals surface area contributed by atoms with Crippen molar-refractivity contribution in [2.75, 3.05) is 0 Å². The highest BCUT2D eigenvalue weighted by Gasteiger charge is 2.18. The Balaban J connectivity index is 2.76. The Bertz CT molecular complexity index is 373. The molecule has 1 heterocycles. The van der Waals surface area contributed by atoms with Crippen molar-refractivity contribution in [1.29, 1.82) is 5.26 Å². The zero-order valence-corrected chi connectivity index (χ0v) is 10.7. The first-order valence-electron chi connectivity index (χ1n) is 4.89. The molecular weight excluding hydrogens is 272 g/mol. The Morgan fingerprint density at radius 1 is 1.50 bits per heavy atom. The van der Waals surface area contributed by atoms with Gasteiger partial charge in [0.2, 0.25) is 0 Å². The summed E-state index contributed by atoms with van der Waals surface area (Å²) in [6, 6.07) is 5.52. The van der Waals surface area contributed by atoms with Gasteiger partial charge in [-0.3, -0.25) is 4.98 Å². The van der Waals surface area contributed by atoms with Crippen LogP contribution >= 0.6 is 15.9 Å². The second-order valence-corrected chi connectivity index (χ2v) is 4.41. The topological polar surface area (TPSA) is 66.1 Å². The summed E-state index contributed by atoms with van der Waals surface area (Å²) in [5.41, 5.74) is 0.540. The summed E-state index contributed by atoms with van der Waals surface area (Å²) < 4.78 is 6.24. The standard InChI is InChI=1S/C11H13BrN2O2/c1-7(15)8(2)16-11(5-13)10-4-3-9(12)6-14-10/h3-4,6-8,11,15H,1-2H3. The van der Waals surface area contributed by atoms with Crippen LogP contribution in [0.3, 0.4) is 0 Å². The van der Waals surface area contributed by atoms with Gasteiger partial charge < -0.3 is 9.84 Å². The van der Waals surface area contributed by atoms with E-state index in [1.807, 2.05) is 6.07 Å². The van der Waals surface area contributed by atoms with Crippen molar-refractivity contribution in [2.24, 2.45) is 0 Å². The fourth-order valence-electron chi connectivity index (χ4n) is 1.04. The number of hydrogen-bond donors (Lipinski definition) is 1. The Morgan fingerprint density at radius 2 is 2.19 bits per heavy atom. The number of aromatic nitrogens is 1. The summed E-state index contributed by atoms with van der Waals surface area (Å²) in [5.74, 6) is 0. The zero-order valence-electron chi connectivity index (χ0n) is 9.09.